The van der Waals surface area contributed by atoms with E-state index in [1.165, 1.54) is 45.4 Å². The van der Waals surface area contributed by atoms with E-state index in [1.54, 1.807) is 0 Å². The summed E-state index contributed by atoms with van der Waals surface area (Å²) in [5, 5.41) is 3.56. The highest BCUT2D eigenvalue weighted by atomic mass is 15.2. The van der Waals surface area contributed by atoms with Crippen LogP contribution in [0.3, 0.4) is 0 Å². The summed E-state index contributed by atoms with van der Waals surface area (Å²) in [5.74, 6) is 1.58. The van der Waals surface area contributed by atoms with Gasteiger partial charge in [-0.05, 0) is 38.3 Å². The maximum absolute atomic E-state index is 3.56. The van der Waals surface area contributed by atoms with Gasteiger partial charge in [0.1, 0.15) is 0 Å². The van der Waals surface area contributed by atoms with Crippen LogP contribution in [0.25, 0.3) is 0 Å². The lowest BCUT2D eigenvalue weighted by atomic mass is 10.0. The van der Waals surface area contributed by atoms with E-state index in [1.807, 2.05) is 0 Å². The molecule has 1 heterocycles. The van der Waals surface area contributed by atoms with Gasteiger partial charge in [-0.1, -0.05) is 33.6 Å². The minimum Gasteiger partial charge on any atom is -0.316 e. The van der Waals surface area contributed by atoms with Gasteiger partial charge in [-0.15, -0.1) is 0 Å². The third-order valence-electron chi connectivity index (χ3n) is 3.68. The molecule has 1 rings (SSSR count). The van der Waals surface area contributed by atoms with Crippen LogP contribution in [-0.2, 0) is 0 Å². The molecule has 1 aliphatic rings. The summed E-state index contributed by atoms with van der Waals surface area (Å²) in [6, 6.07) is 0.767. The average Bonchev–Trinajstić information content (AvgIpc) is 2.22. The van der Waals surface area contributed by atoms with Crippen LogP contribution < -0.4 is 5.32 Å². The highest BCUT2D eigenvalue weighted by Gasteiger charge is 2.20. The topological polar surface area (TPSA) is 15.3 Å². The molecule has 0 aliphatic carbocycles. The largest absolute Gasteiger partial charge is 0.316 e. The summed E-state index contributed by atoms with van der Waals surface area (Å²) in [7, 11) is 0. The molecule has 96 valence electrons. The highest BCUT2D eigenvalue weighted by molar-refractivity contribution is 4.76. The van der Waals surface area contributed by atoms with E-state index in [0.717, 1.165) is 17.9 Å². The van der Waals surface area contributed by atoms with Crippen molar-refractivity contribution in [3.63, 3.8) is 0 Å². The van der Waals surface area contributed by atoms with Crippen molar-refractivity contribution in [2.24, 2.45) is 11.8 Å². The molecular weight excluding hydrogens is 196 g/mol. The Morgan fingerprint density at radius 2 is 1.75 bits per heavy atom. The number of nitrogens with zero attached hydrogens (tertiary/aromatic N) is 1. The van der Waals surface area contributed by atoms with Crippen LogP contribution in [0, 0.1) is 11.8 Å². The normalized spacial score (nSPS) is 30.8. The lowest BCUT2D eigenvalue weighted by Gasteiger charge is -2.36. The van der Waals surface area contributed by atoms with Gasteiger partial charge in [0, 0.05) is 19.1 Å². The minimum atomic E-state index is 0.767. The van der Waals surface area contributed by atoms with Gasteiger partial charge >= 0.3 is 0 Å². The quantitative estimate of drug-likeness (QED) is 0.793. The minimum absolute atomic E-state index is 0.767. The molecule has 2 heteroatoms. The first-order valence-corrected chi connectivity index (χ1v) is 7.08. The Labute approximate surface area is 102 Å². The van der Waals surface area contributed by atoms with Gasteiger partial charge in [-0.25, -0.2) is 0 Å². The predicted octanol–water partition coefficient (Wildman–Crippen LogP) is 2.74. The van der Waals surface area contributed by atoms with Crippen molar-refractivity contribution >= 4 is 0 Å². The number of hydrogen-bond acceptors (Lipinski definition) is 2. The molecule has 3 unspecified atom stereocenters. The van der Waals surface area contributed by atoms with Gasteiger partial charge in [0.05, 0.1) is 0 Å². The fraction of sp³-hybridized carbons (Fsp3) is 1.00. The molecule has 0 aromatic heterocycles. The van der Waals surface area contributed by atoms with Crippen molar-refractivity contribution in [3.8, 4) is 0 Å². The zero-order valence-corrected chi connectivity index (χ0v) is 11.6. The Kier molecular flexibility index (Phi) is 6.37. The Morgan fingerprint density at radius 1 is 1.19 bits per heavy atom. The monoisotopic (exact) mass is 226 g/mol. The van der Waals surface area contributed by atoms with Crippen LogP contribution >= 0.6 is 0 Å². The van der Waals surface area contributed by atoms with Crippen LogP contribution in [-0.4, -0.2) is 37.1 Å². The molecule has 1 N–H and O–H groups in total. The fourth-order valence-corrected chi connectivity index (χ4v) is 2.62. The molecule has 2 nitrogen and oxygen atoms in total. The summed E-state index contributed by atoms with van der Waals surface area (Å²) in [5.41, 5.74) is 0. The lowest BCUT2D eigenvalue weighted by Crippen LogP contribution is -2.46. The molecule has 1 fully saturated rings. The number of hydrogen-bond donors (Lipinski definition) is 1. The summed E-state index contributed by atoms with van der Waals surface area (Å²) in [6.45, 7) is 14.3. The van der Waals surface area contributed by atoms with E-state index in [0.29, 0.717) is 0 Å². The van der Waals surface area contributed by atoms with E-state index in [4.69, 9.17) is 0 Å². The third kappa shape index (κ3) is 4.84. The van der Waals surface area contributed by atoms with Crippen molar-refractivity contribution in [3.05, 3.63) is 0 Å². The molecular formula is C14H30N2. The van der Waals surface area contributed by atoms with E-state index in [9.17, 15) is 0 Å². The van der Waals surface area contributed by atoms with E-state index in [-0.39, 0.29) is 0 Å². The van der Waals surface area contributed by atoms with Crippen LogP contribution in [0.5, 0.6) is 0 Å². The van der Waals surface area contributed by atoms with Crippen LogP contribution in [0.15, 0.2) is 0 Å². The summed E-state index contributed by atoms with van der Waals surface area (Å²) >= 11 is 0. The second-order valence-corrected chi connectivity index (χ2v) is 5.81. The summed E-state index contributed by atoms with van der Waals surface area (Å²) in [4.78, 5) is 2.71. The molecule has 0 bridgehead atoms. The molecule has 0 amide bonds. The molecule has 16 heavy (non-hydrogen) atoms. The fourth-order valence-electron chi connectivity index (χ4n) is 2.62. The highest BCUT2D eigenvalue weighted by Crippen LogP contribution is 2.14. The second-order valence-electron chi connectivity index (χ2n) is 5.81. The number of rotatable bonds is 4. The first-order valence-electron chi connectivity index (χ1n) is 7.08. The van der Waals surface area contributed by atoms with Gasteiger partial charge in [0.15, 0.2) is 0 Å². The maximum Gasteiger partial charge on any atom is 0.00671 e. The number of nitrogens with one attached hydrogen (secondary N) is 1. The molecule has 0 saturated carbocycles. The van der Waals surface area contributed by atoms with Gasteiger partial charge < -0.3 is 10.2 Å². The Balaban J connectivity index is 2.45. The maximum atomic E-state index is 3.56. The lowest BCUT2D eigenvalue weighted by molar-refractivity contribution is 0.134. The first-order chi connectivity index (χ1) is 7.63. The second kappa shape index (κ2) is 7.29. The van der Waals surface area contributed by atoms with E-state index in [2.05, 4.69) is 37.9 Å². The SMILES string of the molecule is CCCCC(C)N1CC(C)CNCC(C)C1. The summed E-state index contributed by atoms with van der Waals surface area (Å²) < 4.78 is 0. The van der Waals surface area contributed by atoms with Gasteiger partial charge in [0.2, 0.25) is 0 Å². The molecule has 0 radical (unpaired) electrons. The van der Waals surface area contributed by atoms with Crippen LogP contribution in [0.4, 0.5) is 0 Å². The zero-order chi connectivity index (χ0) is 12.0. The number of unbranched alkanes of at least 4 members (excludes halogenated alkanes) is 1. The Hall–Kier alpha value is -0.0800. The molecule has 0 aromatic carbocycles. The third-order valence-corrected chi connectivity index (χ3v) is 3.68. The van der Waals surface area contributed by atoms with E-state index >= 15 is 0 Å². The average molecular weight is 226 g/mol. The van der Waals surface area contributed by atoms with Crippen molar-refractivity contribution in [2.75, 3.05) is 26.2 Å². The molecule has 1 saturated heterocycles. The molecule has 0 aromatic rings. The molecule has 3 atom stereocenters. The molecule has 0 spiro atoms. The van der Waals surface area contributed by atoms with Crippen molar-refractivity contribution in [2.45, 2.75) is 53.0 Å². The van der Waals surface area contributed by atoms with Gasteiger partial charge in [-0.2, -0.15) is 0 Å². The zero-order valence-electron chi connectivity index (χ0n) is 11.6. The smallest absolute Gasteiger partial charge is 0.00671 e. The molecule has 1 aliphatic heterocycles. The predicted molar refractivity (Wildman–Crippen MR) is 71.8 cm³/mol. The van der Waals surface area contributed by atoms with Crippen LogP contribution in [0.2, 0.25) is 0 Å². The standard InChI is InChI=1S/C14H30N2/c1-5-6-7-14(4)16-10-12(2)8-15-9-13(3)11-16/h12-15H,5-11H2,1-4H3. The van der Waals surface area contributed by atoms with Crippen molar-refractivity contribution in [1.82, 2.24) is 10.2 Å². The van der Waals surface area contributed by atoms with Crippen molar-refractivity contribution < 1.29 is 0 Å². The van der Waals surface area contributed by atoms with E-state index < -0.39 is 0 Å². The van der Waals surface area contributed by atoms with Crippen LogP contribution in [0.1, 0.15) is 47.0 Å². The Morgan fingerprint density at radius 3 is 2.25 bits per heavy atom. The van der Waals surface area contributed by atoms with Crippen molar-refractivity contribution in [1.29, 1.82) is 0 Å². The van der Waals surface area contributed by atoms with Gasteiger partial charge in [0.25, 0.3) is 0 Å². The van der Waals surface area contributed by atoms with Gasteiger partial charge in [-0.3, -0.25) is 0 Å². The summed E-state index contributed by atoms with van der Waals surface area (Å²) in [6.07, 6.45) is 4.06. The Bertz CT molecular complexity index is 170. The first kappa shape index (κ1) is 14.0.